The zero-order valence-electron chi connectivity index (χ0n) is 9.95. The standard InChI is InChI=1S/C13H12BrClN2O2/c14-11-7-8(15)1-4-10(11)12-5-2-9(19-12)3-6-13(18)17-16/h1-2,4-5,7H,3,6,16H2,(H,17,18). The van der Waals surface area contributed by atoms with E-state index in [0.29, 0.717) is 17.9 Å². The highest BCUT2D eigenvalue weighted by Gasteiger charge is 2.09. The predicted molar refractivity (Wildman–Crippen MR) is 77.5 cm³/mol. The fourth-order valence-corrected chi connectivity index (χ4v) is 2.53. The van der Waals surface area contributed by atoms with Gasteiger partial charge in [-0.15, -0.1) is 0 Å². The first-order valence-corrected chi connectivity index (χ1v) is 6.81. The summed E-state index contributed by atoms with van der Waals surface area (Å²) >= 11 is 9.33. The van der Waals surface area contributed by atoms with Crippen molar-refractivity contribution >= 4 is 33.4 Å². The molecule has 6 heteroatoms. The van der Waals surface area contributed by atoms with Gasteiger partial charge in [0.25, 0.3) is 0 Å². The van der Waals surface area contributed by atoms with Gasteiger partial charge in [0.2, 0.25) is 5.91 Å². The summed E-state index contributed by atoms with van der Waals surface area (Å²) in [6.07, 6.45) is 0.805. The number of amides is 1. The zero-order chi connectivity index (χ0) is 13.8. The van der Waals surface area contributed by atoms with Crippen molar-refractivity contribution in [1.29, 1.82) is 0 Å². The Morgan fingerprint density at radius 2 is 2.16 bits per heavy atom. The average molecular weight is 344 g/mol. The van der Waals surface area contributed by atoms with Gasteiger partial charge in [0, 0.05) is 27.9 Å². The zero-order valence-corrected chi connectivity index (χ0v) is 12.3. The monoisotopic (exact) mass is 342 g/mol. The first kappa shape index (κ1) is 14.1. The molecule has 2 aromatic rings. The van der Waals surface area contributed by atoms with E-state index in [4.69, 9.17) is 21.9 Å². The van der Waals surface area contributed by atoms with Gasteiger partial charge in [0.15, 0.2) is 0 Å². The second-order valence-corrected chi connectivity index (χ2v) is 5.25. The summed E-state index contributed by atoms with van der Waals surface area (Å²) < 4.78 is 6.55. The fourth-order valence-electron chi connectivity index (χ4n) is 1.66. The van der Waals surface area contributed by atoms with E-state index in [-0.39, 0.29) is 5.91 Å². The minimum atomic E-state index is -0.217. The molecule has 0 unspecified atom stereocenters. The first-order valence-electron chi connectivity index (χ1n) is 5.63. The second-order valence-electron chi connectivity index (χ2n) is 3.96. The number of halogens is 2. The lowest BCUT2D eigenvalue weighted by molar-refractivity contribution is -0.121. The highest BCUT2D eigenvalue weighted by atomic mass is 79.9. The molecule has 0 saturated heterocycles. The highest BCUT2D eigenvalue weighted by molar-refractivity contribution is 9.10. The van der Waals surface area contributed by atoms with Crippen molar-refractivity contribution in [3.63, 3.8) is 0 Å². The Morgan fingerprint density at radius 1 is 1.37 bits per heavy atom. The molecule has 0 aliphatic rings. The van der Waals surface area contributed by atoms with E-state index in [2.05, 4.69) is 21.4 Å². The normalized spacial score (nSPS) is 10.5. The van der Waals surface area contributed by atoms with Crippen LogP contribution in [0.15, 0.2) is 39.2 Å². The molecule has 19 heavy (non-hydrogen) atoms. The lowest BCUT2D eigenvalue weighted by Gasteiger charge is -2.02. The van der Waals surface area contributed by atoms with Crippen molar-refractivity contribution in [2.24, 2.45) is 5.84 Å². The summed E-state index contributed by atoms with van der Waals surface area (Å²) in [6, 6.07) is 9.19. The molecule has 0 radical (unpaired) electrons. The van der Waals surface area contributed by atoms with E-state index in [0.717, 1.165) is 21.6 Å². The summed E-state index contributed by atoms with van der Waals surface area (Å²) in [4.78, 5) is 11.1. The molecule has 1 amide bonds. The average Bonchev–Trinajstić information content (AvgIpc) is 2.84. The van der Waals surface area contributed by atoms with Gasteiger partial charge in [0.1, 0.15) is 11.5 Å². The Labute approximate surface area is 124 Å². The van der Waals surface area contributed by atoms with Crippen LogP contribution in [-0.2, 0) is 11.2 Å². The van der Waals surface area contributed by atoms with E-state index in [1.807, 2.05) is 18.2 Å². The Balaban J connectivity index is 2.14. The van der Waals surface area contributed by atoms with E-state index in [1.165, 1.54) is 0 Å². The molecule has 1 aromatic heterocycles. The SMILES string of the molecule is NNC(=O)CCc1ccc(-c2ccc(Cl)cc2Br)o1. The van der Waals surface area contributed by atoms with Crippen molar-refractivity contribution in [2.45, 2.75) is 12.8 Å². The van der Waals surface area contributed by atoms with Crippen molar-refractivity contribution in [2.75, 3.05) is 0 Å². The largest absolute Gasteiger partial charge is 0.461 e. The molecule has 4 nitrogen and oxygen atoms in total. The summed E-state index contributed by atoms with van der Waals surface area (Å²) in [7, 11) is 0. The van der Waals surface area contributed by atoms with E-state index in [1.54, 1.807) is 12.1 Å². The molecule has 0 saturated carbocycles. The number of nitrogens with two attached hydrogens (primary N) is 1. The van der Waals surface area contributed by atoms with Gasteiger partial charge in [-0.1, -0.05) is 11.6 Å². The maximum absolute atomic E-state index is 11.1. The van der Waals surface area contributed by atoms with Gasteiger partial charge >= 0.3 is 0 Å². The Morgan fingerprint density at radius 3 is 2.84 bits per heavy atom. The van der Waals surface area contributed by atoms with Crippen LogP contribution < -0.4 is 11.3 Å². The van der Waals surface area contributed by atoms with Gasteiger partial charge in [-0.05, 0) is 46.3 Å². The molecule has 0 bridgehead atoms. The van der Waals surface area contributed by atoms with Crippen molar-refractivity contribution in [1.82, 2.24) is 5.43 Å². The maximum Gasteiger partial charge on any atom is 0.234 e. The smallest absolute Gasteiger partial charge is 0.234 e. The summed E-state index contributed by atoms with van der Waals surface area (Å²) in [5.41, 5.74) is 3.00. The summed E-state index contributed by atoms with van der Waals surface area (Å²) in [6.45, 7) is 0. The van der Waals surface area contributed by atoms with Gasteiger partial charge in [0.05, 0.1) is 0 Å². The third kappa shape index (κ3) is 3.59. The Bertz CT molecular complexity index is 598. The van der Waals surface area contributed by atoms with Gasteiger partial charge in [-0.25, -0.2) is 5.84 Å². The predicted octanol–water partition coefficient (Wildman–Crippen LogP) is 3.29. The van der Waals surface area contributed by atoms with Crippen LogP contribution in [0.25, 0.3) is 11.3 Å². The molecule has 1 heterocycles. The molecule has 1 aromatic carbocycles. The van der Waals surface area contributed by atoms with Crippen LogP contribution in [0.5, 0.6) is 0 Å². The topological polar surface area (TPSA) is 68.3 Å². The molecular formula is C13H12BrClN2O2. The molecule has 0 atom stereocenters. The molecule has 0 aliphatic heterocycles. The molecule has 2 rings (SSSR count). The second kappa shape index (κ2) is 6.23. The molecule has 0 aliphatic carbocycles. The number of aryl methyl sites for hydroxylation is 1. The number of carbonyl (C=O) groups is 1. The molecule has 100 valence electrons. The number of furan rings is 1. The number of hydrazine groups is 1. The summed E-state index contributed by atoms with van der Waals surface area (Å²) in [5, 5.41) is 0.655. The molecule has 3 N–H and O–H groups in total. The first-order chi connectivity index (χ1) is 9.10. The van der Waals surface area contributed by atoms with Crippen LogP contribution in [0.1, 0.15) is 12.2 Å². The quantitative estimate of drug-likeness (QED) is 0.508. The number of nitrogens with one attached hydrogen (secondary N) is 1. The Hall–Kier alpha value is -1.30. The number of hydrogen-bond donors (Lipinski definition) is 2. The van der Waals surface area contributed by atoms with Crippen LogP contribution in [0, 0.1) is 0 Å². The third-order valence-corrected chi connectivity index (χ3v) is 3.51. The third-order valence-electron chi connectivity index (χ3n) is 2.62. The number of hydrogen-bond acceptors (Lipinski definition) is 3. The highest BCUT2D eigenvalue weighted by Crippen LogP contribution is 2.31. The number of benzene rings is 1. The maximum atomic E-state index is 11.1. The van der Waals surface area contributed by atoms with Crippen molar-refractivity contribution in [3.05, 3.63) is 45.6 Å². The van der Waals surface area contributed by atoms with Crippen molar-refractivity contribution in [3.8, 4) is 11.3 Å². The molecular weight excluding hydrogens is 332 g/mol. The molecule has 0 spiro atoms. The van der Waals surface area contributed by atoms with Crippen LogP contribution in [0.3, 0.4) is 0 Å². The van der Waals surface area contributed by atoms with E-state index >= 15 is 0 Å². The lowest BCUT2D eigenvalue weighted by Crippen LogP contribution is -2.30. The minimum Gasteiger partial charge on any atom is -0.461 e. The Kier molecular flexibility index (Phi) is 4.63. The summed E-state index contributed by atoms with van der Waals surface area (Å²) in [5.74, 6) is 6.27. The number of rotatable bonds is 4. The van der Waals surface area contributed by atoms with Crippen LogP contribution >= 0.6 is 27.5 Å². The van der Waals surface area contributed by atoms with Gasteiger partial charge in [-0.2, -0.15) is 0 Å². The minimum absolute atomic E-state index is 0.217. The number of carbonyl (C=O) groups excluding carboxylic acids is 1. The van der Waals surface area contributed by atoms with Crippen LogP contribution in [-0.4, -0.2) is 5.91 Å². The van der Waals surface area contributed by atoms with Crippen LogP contribution in [0.4, 0.5) is 0 Å². The van der Waals surface area contributed by atoms with E-state index < -0.39 is 0 Å². The van der Waals surface area contributed by atoms with Gasteiger partial charge in [-0.3, -0.25) is 10.2 Å². The van der Waals surface area contributed by atoms with Crippen LogP contribution in [0.2, 0.25) is 5.02 Å². The lowest BCUT2D eigenvalue weighted by atomic mass is 10.2. The van der Waals surface area contributed by atoms with E-state index in [9.17, 15) is 4.79 Å². The molecule has 0 fully saturated rings. The van der Waals surface area contributed by atoms with Gasteiger partial charge < -0.3 is 4.42 Å². The van der Waals surface area contributed by atoms with Crippen molar-refractivity contribution < 1.29 is 9.21 Å². The fraction of sp³-hybridized carbons (Fsp3) is 0.154.